The summed E-state index contributed by atoms with van der Waals surface area (Å²) in [7, 11) is -0.172. The minimum absolute atomic E-state index is 0. The van der Waals surface area contributed by atoms with Crippen molar-refractivity contribution in [2.45, 2.75) is 44.0 Å². The fourth-order valence-corrected chi connectivity index (χ4v) is 4.83. The van der Waals surface area contributed by atoms with Crippen molar-refractivity contribution >= 4 is 22.4 Å². The van der Waals surface area contributed by atoms with Gasteiger partial charge in [0.15, 0.2) is 11.5 Å². The first-order valence-corrected chi connectivity index (χ1v) is 11.9. The molecule has 0 saturated heterocycles. The Balaban J connectivity index is 0.00000341. The van der Waals surface area contributed by atoms with E-state index in [4.69, 9.17) is 9.47 Å². The van der Waals surface area contributed by atoms with Crippen LogP contribution >= 0.6 is 12.4 Å². The summed E-state index contributed by atoms with van der Waals surface area (Å²) in [4.78, 5) is 2.67. The monoisotopic (exact) mass is 468 g/mol. The second kappa shape index (κ2) is 11.2. The van der Waals surface area contributed by atoms with Crippen LogP contribution in [0.3, 0.4) is 0 Å². The van der Waals surface area contributed by atoms with Crippen molar-refractivity contribution in [3.63, 3.8) is 0 Å². The summed E-state index contributed by atoms with van der Waals surface area (Å²) in [6.07, 6.45) is 1.70. The number of hydrogen-bond donors (Lipinski definition) is 1. The summed E-state index contributed by atoms with van der Waals surface area (Å²) < 4.78 is 38.5. The van der Waals surface area contributed by atoms with Gasteiger partial charge in [0.1, 0.15) is 0 Å². The lowest BCUT2D eigenvalue weighted by molar-refractivity contribution is 0.250. The molecule has 0 aromatic heterocycles. The Morgan fingerprint density at radius 3 is 2.23 bits per heavy atom. The first-order chi connectivity index (χ1) is 14.3. The van der Waals surface area contributed by atoms with Crippen molar-refractivity contribution in [1.82, 2.24) is 9.62 Å². The standard InChI is InChI=1S/C23H32N2O4S.ClH/c1-17(2)18-6-8-21(9-7-18)30(26,27)24-11-5-12-25-13-10-19-14-22(28-3)23(29-4)15-20(19)16-25;/h6-9,14-15,17,24H,5,10-13,16H2,1-4H3;1H. The van der Waals surface area contributed by atoms with E-state index in [-0.39, 0.29) is 12.4 Å². The number of nitrogens with zero attached hydrogens (tertiary/aromatic N) is 1. The molecular formula is C23H33ClN2O4S. The van der Waals surface area contributed by atoms with Crippen molar-refractivity contribution < 1.29 is 17.9 Å². The van der Waals surface area contributed by atoms with Gasteiger partial charge in [-0.05, 0) is 66.3 Å². The van der Waals surface area contributed by atoms with Gasteiger partial charge in [0.2, 0.25) is 10.0 Å². The number of sulfonamides is 1. The molecule has 0 atom stereocenters. The fraction of sp³-hybridized carbons (Fsp3) is 0.478. The largest absolute Gasteiger partial charge is 0.493 e. The summed E-state index contributed by atoms with van der Waals surface area (Å²) in [6, 6.07) is 11.2. The second-order valence-electron chi connectivity index (χ2n) is 7.98. The molecule has 2 aromatic carbocycles. The topological polar surface area (TPSA) is 67.9 Å². The highest BCUT2D eigenvalue weighted by atomic mass is 35.5. The number of ether oxygens (including phenoxy) is 2. The molecule has 0 aliphatic carbocycles. The summed E-state index contributed by atoms with van der Waals surface area (Å²) in [5.41, 5.74) is 3.66. The van der Waals surface area contributed by atoms with Crippen LogP contribution < -0.4 is 14.2 Å². The molecule has 1 N–H and O–H groups in total. The predicted octanol–water partition coefficient (Wildman–Crippen LogP) is 3.98. The van der Waals surface area contributed by atoms with Crippen molar-refractivity contribution in [1.29, 1.82) is 0 Å². The Morgan fingerprint density at radius 2 is 1.65 bits per heavy atom. The Morgan fingerprint density at radius 1 is 1.03 bits per heavy atom. The molecule has 1 heterocycles. The lowest BCUT2D eigenvalue weighted by Crippen LogP contribution is -2.33. The third-order valence-corrected chi connectivity index (χ3v) is 7.07. The zero-order valence-corrected chi connectivity index (χ0v) is 20.3. The molecule has 31 heavy (non-hydrogen) atoms. The minimum Gasteiger partial charge on any atom is -0.493 e. The molecule has 0 fully saturated rings. The van der Waals surface area contributed by atoms with Gasteiger partial charge in [-0.3, -0.25) is 4.90 Å². The van der Waals surface area contributed by atoms with Crippen LogP contribution in [-0.4, -0.2) is 47.2 Å². The average molecular weight is 469 g/mol. The number of fused-ring (bicyclic) bond motifs is 1. The van der Waals surface area contributed by atoms with E-state index in [0.717, 1.165) is 49.5 Å². The van der Waals surface area contributed by atoms with Gasteiger partial charge in [0.25, 0.3) is 0 Å². The first kappa shape index (κ1) is 25.5. The highest BCUT2D eigenvalue weighted by Gasteiger charge is 2.20. The van der Waals surface area contributed by atoms with Gasteiger partial charge in [-0.2, -0.15) is 0 Å². The van der Waals surface area contributed by atoms with Crippen LogP contribution in [0.25, 0.3) is 0 Å². The quantitative estimate of drug-likeness (QED) is 0.564. The van der Waals surface area contributed by atoms with E-state index in [1.54, 1.807) is 26.4 Å². The van der Waals surface area contributed by atoms with Crippen LogP contribution in [0.2, 0.25) is 0 Å². The molecule has 1 aliphatic heterocycles. The molecule has 0 radical (unpaired) electrons. The number of rotatable bonds is 9. The number of benzene rings is 2. The van der Waals surface area contributed by atoms with Gasteiger partial charge in [0, 0.05) is 19.6 Å². The third-order valence-electron chi connectivity index (χ3n) is 5.60. The van der Waals surface area contributed by atoms with Gasteiger partial charge in [0.05, 0.1) is 19.1 Å². The molecule has 3 rings (SSSR count). The number of hydrogen-bond acceptors (Lipinski definition) is 5. The SMILES string of the molecule is COc1cc2c(cc1OC)CN(CCCNS(=O)(=O)c1ccc(C(C)C)cc1)CC2.Cl. The molecule has 0 bridgehead atoms. The van der Waals surface area contributed by atoms with Crippen LogP contribution in [0, 0.1) is 0 Å². The molecule has 0 saturated carbocycles. The zero-order chi connectivity index (χ0) is 21.7. The third kappa shape index (κ3) is 6.35. The lowest BCUT2D eigenvalue weighted by Gasteiger charge is -2.29. The van der Waals surface area contributed by atoms with Gasteiger partial charge < -0.3 is 9.47 Å². The molecular weight excluding hydrogens is 436 g/mol. The maximum Gasteiger partial charge on any atom is 0.240 e. The number of methoxy groups -OCH3 is 2. The van der Waals surface area contributed by atoms with E-state index in [0.29, 0.717) is 17.4 Å². The van der Waals surface area contributed by atoms with Gasteiger partial charge in [-0.25, -0.2) is 13.1 Å². The molecule has 6 nitrogen and oxygen atoms in total. The summed E-state index contributed by atoms with van der Waals surface area (Å²) in [6.45, 7) is 7.22. The lowest BCUT2D eigenvalue weighted by atomic mass is 9.98. The average Bonchev–Trinajstić information content (AvgIpc) is 2.75. The Labute approximate surface area is 192 Å². The van der Waals surface area contributed by atoms with Gasteiger partial charge >= 0.3 is 0 Å². The predicted molar refractivity (Wildman–Crippen MR) is 126 cm³/mol. The summed E-state index contributed by atoms with van der Waals surface area (Å²) in [5, 5.41) is 0. The van der Waals surface area contributed by atoms with Crippen LogP contribution in [0.15, 0.2) is 41.3 Å². The first-order valence-electron chi connectivity index (χ1n) is 10.4. The molecule has 2 aromatic rings. The van der Waals surface area contributed by atoms with E-state index >= 15 is 0 Å². The molecule has 8 heteroatoms. The molecule has 0 spiro atoms. The normalized spacial score (nSPS) is 14.1. The molecule has 1 aliphatic rings. The maximum atomic E-state index is 12.5. The van der Waals surface area contributed by atoms with Crippen molar-refractivity contribution in [3.05, 3.63) is 53.1 Å². The van der Waals surface area contributed by atoms with E-state index in [9.17, 15) is 8.42 Å². The van der Waals surface area contributed by atoms with Crippen LogP contribution in [-0.2, 0) is 23.0 Å². The number of halogens is 1. The number of nitrogens with one attached hydrogen (secondary N) is 1. The smallest absolute Gasteiger partial charge is 0.240 e. The Bertz CT molecular complexity index is 962. The molecule has 0 amide bonds. The van der Waals surface area contributed by atoms with Crippen LogP contribution in [0.4, 0.5) is 0 Å². The van der Waals surface area contributed by atoms with E-state index in [1.807, 2.05) is 18.2 Å². The van der Waals surface area contributed by atoms with E-state index < -0.39 is 10.0 Å². The van der Waals surface area contributed by atoms with Crippen molar-refractivity contribution in [2.75, 3.05) is 33.9 Å². The van der Waals surface area contributed by atoms with Crippen LogP contribution in [0.1, 0.15) is 42.9 Å². The van der Waals surface area contributed by atoms with Gasteiger partial charge in [-0.1, -0.05) is 26.0 Å². The van der Waals surface area contributed by atoms with Crippen molar-refractivity contribution in [2.24, 2.45) is 0 Å². The summed E-state index contributed by atoms with van der Waals surface area (Å²) >= 11 is 0. The fourth-order valence-electron chi connectivity index (χ4n) is 3.76. The zero-order valence-electron chi connectivity index (χ0n) is 18.7. The highest BCUT2D eigenvalue weighted by molar-refractivity contribution is 7.89. The van der Waals surface area contributed by atoms with E-state index in [2.05, 4.69) is 29.5 Å². The van der Waals surface area contributed by atoms with E-state index in [1.165, 1.54) is 11.1 Å². The van der Waals surface area contributed by atoms with Gasteiger partial charge in [-0.15, -0.1) is 12.4 Å². The summed E-state index contributed by atoms with van der Waals surface area (Å²) in [5.74, 6) is 1.89. The minimum atomic E-state index is -3.47. The van der Waals surface area contributed by atoms with Crippen LogP contribution in [0.5, 0.6) is 11.5 Å². The maximum absolute atomic E-state index is 12.5. The highest BCUT2D eigenvalue weighted by Crippen LogP contribution is 2.33. The second-order valence-corrected chi connectivity index (χ2v) is 9.74. The van der Waals surface area contributed by atoms with Crippen molar-refractivity contribution in [3.8, 4) is 11.5 Å². The Hall–Kier alpha value is -1.80. The molecule has 172 valence electrons. The Kier molecular flexibility index (Phi) is 9.18. The molecule has 0 unspecified atom stereocenters.